The molecule has 1 fully saturated rings. The van der Waals surface area contributed by atoms with Crippen LogP contribution >= 0.6 is 0 Å². The third-order valence-electron chi connectivity index (χ3n) is 3.09. The first-order valence-electron chi connectivity index (χ1n) is 5.57. The lowest BCUT2D eigenvalue weighted by Gasteiger charge is -2.39. The fraction of sp³-hybridized carbons (Fsp3) is 0.545. The first-order chi connectivity index (χ1) is 8.41. The van der Waals surface area contributed by atoms with E-state index in [9.17, 15) is 17.6 Å². The van der Waals surface area contributed by atoms with Gasteiger partial charge in [-0.3, -0.25) is 0 Å². The highest BCUT2D eigenvalue weighted by molar-refractivity contribution is 5.50. The first kappa shape index (κ1) is 13.1. The summed E-state index contributed by atoms with van der Waals surface area (Å²) in [6.45, 7) is 3.17. The molecule has 0 radical (unpaired) electrons. The summed E-state index contributed by atoms with van der Waals surface area (Å²) in [6.07, 6.45) is 0. The molecule has 2 rings (SSSR count). The van der Waals surface area contributed by atoms with E-state index < -0.39 is 29.2 Å². The second kappa shape index (κ2) is 4.72. The second-order valence-electron chi connectivity index (χ2n) is 4.47. The molecule has 1 atom stereocenters. The maximum Gasteiger partial charge on any atom is 0.253 e. The monoisotopic (exact) mass is 263 g/mol. The Balaban J connectivity index is 2.44. The molecule has 3 nitrogen and oxygen atoms in total. The number of piperazine rings is 1. The molecule has 0 saturated carbocycles. The fourth-order valence-corrected chi connectivity index (χ4v) is 2.20. The minimum absolute atomic E-state index is 0.242. The Labute approximate surface area is 102 Å². The SMILES string of the molecule is CC1CN(C)CCN1c1c(F)c(F)nc(F)c1F. The maximum absolute atomic E-state index is 13.6. The van der Waals surface area contributed by atoms with Gasteiger partial charge in [0, 0.05) is 25.7 Å². The summed E-state index contributed by atoms with van der Waals surface area (Å²) in [5, 5.41) is 0. The highest BCUT2D eigenvalue weighted by Gasteiger charge is 2.30. The van der Waals surface area contributed by atoms with Crippen molar-refractivity contribution >= 4 is 5.69 Å². The molecule has 1 aliphatic heterocycles. The number of hydrogen-bond donors (Lipinski definition) is 0. The average molecular weight is 263 g/mol. The molecular weight excluding hydrogens is 250 g/mol. The van der Waals surface area contributed by atoms with Gasteiger partial charge in [0.15, 0.2) is 0 Å². The maximum atomic E-state index is 13.6. The standard InChI is InChI=1S/C11H13F4N3/c1-6-5-17(2)3-4-18(6)9-7(12)10(14)16-11(15)8(9)13/h6H,3-5H2,1-2H3. The van der Waals surface area contributed by atoms with Gasteiger partial charge >= 0.3 is 0 Å². The Bertz CT molecular complexity index is 440. The fourth-order valence-electron chi connectivity index (χ4n) is 2.20. The Hall–Kier alpha value is -1.37. The molecule has 0 aliphatic carbocycles. The van der Waals surface area contributed by atoms with Crippen LogP contribution in [0.1, 0.15) is 6.92 Å². The van der Waals surface area contributed by atoms with Gasteiger partial charge in [-0.1, -0.05) is 0 Å². The molecule has 1 aromatic rings. The molecule has 2 heterocycles. The van der Waals surface area contributed by atoms with Crippen LogP contribution in [0, 0.1) is 23.5 Å². The topological polar surface area (TPSA) is 19.4 Å². The van der Waals surface area contributed by atoms with Crippen LogP contribution in [0.3, 0.4) is 0 Å². The van der Waals surface area contributed by atoms with E-state index >= 15 is 0 Å². The van der Waals surface area contributed by atoms with Crippen molar-refractivity contribution in [2.24, 2.45) is 0 Å². The number of aromatic nitrogens is 1. The van der Waals surface area contributed by atoms with Crippen molar-refractivity contribution in [1.82, 2.24) is 9.88 Å². The number of nitrogens with zero attached hydrogens (tertiary/aromatic N) is 3. The molecule has 100 valence electrons. The molecular formula is C11H13F4N3. The third kappa shape index (κ3) is 2.14. The Morgan fingerprint density at radius 2 is 1.61 bits per heavy atom. The van der Waals surface area contributed by atoms with Crippen molar-refractivity contribution in [3.8, 4) is 0 Å². The molecule has 0 N–H and O–H groups in total. The summed E-state index contributed by atoms with van der Waals surface area (Å²) < 4.78 is 53.3. The summed E-state index contributed by atoms with van der Waals surface area (Å²) in [5.41, 5.74) is -0.666. The molecule has 18 heavy (non-hydrogen) atoms. The van der Waals surface area contributed by atoms with Crippen LogP contribution in [0.5, 0.6) is 0 Å². The minimum atomic E-state index is -1.62. The predicted octanol–water partition coefficient (Wildman–Crippen LogP) is 1.78. The molecule has 1 aromatic heterocycles. The van der Waals surface area contributed by atoms with Crippen molar-refractivity contribution in [2.75, 3.05) is 31.6 Å². The quantitative estimate of drug-likeness (QED) is 0.568. The normalized spacial score (nSPS) is 21.4. The van der Waals surface area contributed by atoms with E-state index in [1.54, 1.807) is 6.92 Å². The van der Waals surface area contributed by atoms with Crippen LogP contribution < -0.4 is 4.90 Å². The van der Waals surface area contributed by atoms with E-state index in [2.05, 4.69) is 4.98 Å². The Morgan fingerprint density at radius 3 is 2.11 bits per heavy atom. The zero-order valence-electron chi connectivity index (χ0n) is 10.1. The van der Waals surface area contributed by atoms with E-state index in [0.29, 0.717) is 19.6 Å². The number of likely N-dealkylation sites (N-methyl/N-ethyl adjacent to an activating group) is 1. The van der Waals surface area contributed by atoms with Gasteiger partial charge in [0.1, 0.15) is 5.69 Å². The van der Waals surface area contributed by atoms with Gasteiger partial charge in [0.2, 0.25) is 11.6 Å². The number of halogens is 4. The van der Waals surface area contributed by atoms with Gasteiger partial charge in [-0.2, -0.15) is 22.5 Å². The van der Waals surface area contributed by atoms with E-state index in [4.69, 9.17) is 0 Å². The van der Waals surface area contributed by atoms with Crippen LogP contribution in [-0.2, 0) is 0 Å². The van der Waals surface area contributed by atoms with Gasteiger partial charge < -0.3 is 9.80 Å². The number of rotatable bonds is 1. The first-order valence-corrected chi connectivity index (χ1v) is 5.57. The van der Waals surface area contributed by atoms with Crippen LogP contribution in [0.25, 0.3) is 0 Å². The predicted molar refractivity (Wildman–Crippen MR) is 58.4 cm³/mol. The molecule has 7 heteroatoms. The van der Waals surface area contributed by atoms with Gasteiger partial charge in [-0.15, -0.1) is 0 Å². The highest BCUT2D eigenvalue weighted by atomic mass is 19.2. The molecule has 1 unspecified atom stereocenters. The van der Waals surface area contributed by atoms with Crippen molar-refractivity contribution in [2.45, 2.75) is 13.0 Å². The number of anilines is 1. The van der Waals surface area contributed by atoms with Crippen molar-refractivity contribution in [3.05, 3.63) is 23.5 Å². The Kier molecular flexibility index (Phi) is 3.43. The Morgan fingerprint density at radius 1 is 1.06 bits per heavy atom. The molecule has 1 saturated heterocycles. The second-order valence-corrected chi connectivity index (χ2v) is 4.47. The van der Waals surface area contributed by atoms with E-state index in [1.807, 2.05) is 11.9 Å². The summed E-state index contributed by atoms with van der Waals surface area (Å²) in [4.78, 5) is 5.86. The van der Waals surface area contributed by atoms with Gasteiger partial charge in [0.05, 0.1) is 0 Å². The van der Waals surface area contributed by atoms with Crippen molar-refractivity contribution < 1.29 is 17.6 Å². The zero-order valence-corrected chi connectivity index (χ0v) is 10.1. The molecule has 0 aromatic carbocycles. The lowest BCUT2D eigenvalue weighted by molar-refractivity contribution is 0.271. The van der Waals surface area contributed by atoms with Gasteiger partial charge in [0.25, 0.3) is 11.9 Å². The van der Waals surface area contributed by atoms with Crippen molar-refractivity contribution in [3.63, 3.8) is 0 Å². The summed E-state index contributed by atoms with van der Waals surface area (Å²) in [6, 6.07) is -0.242. The minimum Gasteiger partial charge on any atom is -0.361 e. The average Bonchev–Trinajstić information content (AvgIpc) is 2.29. The molecule has 0 amide bonds. The third-order valence-corrected chi connectivity index (χ3v) is 3.09. The lowest BCUT2D eigenvalue weighted by Crippen LogP contribution is -2.51. The molecule has 0 spiro atoms. The summed E-state index contributed by atoms with van der Waals surface area (Å²) >= 11 is 0. The zero-order chi connectivity index (χ0) is 13.4. The van der Waals surface area contributed by atoms with Crippen molar-refractivity contribution in [1.29, 1.82) is 0 Å². The summed E-state index contributed by atoms with van der Waals surface area (Å²) in [7, 11) is 1.87. The van der Waals surface area contributed by atoms with E-state index in [0.717, 1.165) is 0 Å². The summed E-state index contributed by atoms with van der Waals surface area (Å²) in [5.74, 6) is -6.11. The van der Waals surface area contributed by atoms with E-state index in [1.165, 1.54) is 4.90 Å². The van der Waals surface area contributed by atoms with Crippen LogP contribution in [0.4, 0.5) is 23.2 Å². The smallest absolute Gasteiger partial charge is 0.253 e. The van der Waals surface area contributed by atoms with Crippen LogP contribution in [-0.4, -0.2) is 42.6 Å². The van der Waals surface area contributed by atoms with E-state index in [-0.39, 0.29) is 6.04 Å². The van der Waals surface area contributed by atoms with Gasteiger partial charge in [-0.05, 0) is 14.0 Å². The molecule has 0 bridgehead atoms. The lowest BCUT2D eigenvalue weighted by atomic mass is 10.1. The number of pyridine rings is 1. The largest absolute Gasteiger partial charge is 0.361 e. The molecule has 1 aliphatic rings. The van der Waals surface area contributed by atoms with Gasteiger partial charge in [-0.25, -0.2) is 0 Å². The highest BCUT2D eigenvalue weighted by Crippen LogP contribution is 2.28. The van der Waals surface area contributed by atoms with Crippen LogP contribution in [0.15, 0.2) is 0 Å². The number of hydrogen-bond acceptors (Lipinski definition) is 3. The van der Waals surface area contributed by atoms with Crippen LogP contribution in [0.2, 0.25) is 0 Å².